The molecule has 2 aromatic heterocycles. The molecule has 6 nitrogen and oxygen atoms in total. The van der Waals surface area contributed by atoms with Gasteiger partial charge in [-0.25, -0.2) is 9.50 Å². The SMILES string of the molecule is CC(Oc1ccccc1)C(=O)Nc1cccn2ncnc12. The molecule has 0 saturated heterocycles. The van der Waals surface area contributed by atoms with E-state index in [9.17, 15) is 4.79 Å². The van der Waals surface area contributed by atoms with Crippen molar-refractivity contribution in [3.05, 3.63) is 55.0 Å². The highest BCUT2D eigenvalue weighted by Crippen LogP contribution is 2.15. The zero-order valence-corrected chi connectivity index (χ0v) is 11.4. The predicted octanol–water partition coefficient (Wildman–Crippen LogP) is 2.14. The molecule has 1 atom stereocenters. The summed E-state index contributed by atoms with van der Waals surface area (Å²) in [5.74, 6) is 0.413. The van der Waals surface area contributed by atoms with E-state index >= 15 is 0 Å². The normalized spacial score (nSPS) is 12.0. The molecule has 21 heavy (non-hydrogen) atoms. The lowest BCUT2D eigenvalue weighted by molar-refractivity contribution is -0.122. The molecular formula is C15H14N4O2. The Morgan fingerprint density at radius 1 is 1.24 bits per heavy atom. The van der Waals surface area contributed by atoms with Crippen LogP contribution in [0.5, 0.6) is 5.75 Å². The van der Waals surface area contributed by atoms with E-state index in [1.54, 1.807) is 29.8 Å². The summed E-state index contributed by atoms with van der Waals surface area (Å²) in [5, 5.41) is 6.83. The number of benzene rings is 1. The highest BCUT2D eigenvalue weighted by Gasteiger charge is 2.16. The van der Waals surface area contributed by atoms with Gasteiger partial charge in [0, 0.05) is 6.20 Å². The Morgan fingerprint density at radius 3 is 2.86 bits per heavy atom. The van der Waals surface area contributed by atoms with Gasteiger partial charge in [0.1, 0.15) is 12.1 Å². The molecule has 0 fully saturated rings. The number of fused-ring (bicyclic) bond motifs is 1. The van der Waals surface area contributed by atoms with E-state index in [4.69, 9.17) is 4.74 Å². The van der Waals surface area contributed by atoms with Crippen LogP contribution >= 0.6 is 0 Å². The van der Waals surface area contributed by atoms with Gasteiger partial charge in [0.05, 0.1) is 5.69 Å². The summed E-state index contributed by atoms with van der Waals surface area (Å²) in [6.07, 6.45) is 2.59. The van der Waals surface area contributed by atoms with Crippen LogP contribution < -0.4 is 10.1 Å². The van der Waals surface area contributed by atoms with Crippen molar-refractivity contribution < 1.29 is 9.53 Å². The minimum Gasteiger partial charge on any atom is -0.481 e. The van der Waals surface area contributed by atoms with Crippen LogP contribution in [0.1, 0.15) is 6.92 Å². The third-order valence-electron chi connectivity index (χ3n) is 2.99. The molecule has 106 valence electrons. The van der Waals surface area contributed by atoms with Crippen LogP contribution in [0.4, 0.5) is 5.69 Å². The van der Waals surface area contributed by atoms with E-state index in [0.717, 1.165) is 0 Å². The maximum absolute atomic E-state index is 12.2. The number of para-hydroxylation sites is 1. The van der Waals surface area contributed by atoms with E-state index in [1.807, 2.05) is 30.3 Å². The van der Waals surface area contributed by atoms with Crippen molar-refractivity contribution in [2.75, 3.05) is 5.32 Å². The van der Waals surface area contributed by atoms with Gasteiger partial charge in [-0.2, -0.15) is 5.10 Å². The van der Waals surface area contributed by atoms with Crippen molar-refractivity contribution in [1.82, 2.24) is 14.6 Å². The number of nitrogens with zero attached hydrogens (tertiary/aromatic N) is 3. The molecule has 1 amide bonds. The fraction of sp³-hybridized carbons (Fsp3) is 0.133. The van der Waals surface area contributed by atoms with Crippen LogP contribution in [0.25, 0.3) is 5.65 Å². The van der Waals surface area contributed by atoms with Crippen LogP contribution in [0, 0.1) is 0 Å². The van der Waals surface area contributed by atoms with E-state index < -0.39 is 6.10 Å². The lowest BCUT2D eigenvalue weighted by Gasteiger charge is -2.14. The minimum absolute atomic E-state index is 0.241. The summed E-state index contributed by atoms with van der Waals surface area (Å²) in [7, 11) is 0. The molecule has 6 heteroatoms. The van der Waals surface area contributed by atoms with E-state index in [1.165, 1.54) is 6.33 Å². The number of amides is 1. The number of hydrogen-bond donors (Lipinski definition) is 1. The first-order valence-electron chi connectivity index (χ1n) is 6.55. The van der Waals surface area contributed by atoms with E-state index in [2.05, 4.69) is 15.4 Å². The van der Waals surface area contributed by atoms with Gasteiger partial charge >= 0.3 is 0 Å². The Labute approximate surface area is 121 Å². The Morgan fingerprint density at radius 2 is 2.05 bits per heavy atom. The number of anilines is 1. The third-order valence-corrected chi connectivity index (χ3v) is 2.99. The highest BCUT2D eigenvalue weighted by molar-refractivity contribution is 5.96. The molecule has 3 rings (SSSR count). The van der Waals surface area contributed by atoms with Crippen molar-refractivity contribution in [3.8, 4) is 5.75 Å². The van der Waals surface area contributed by atoms with E-state index in [0.29, 0.717) is 17.1 Å². The van der Waals surface area contributed by atoms with Crippen LogP contribution in [0.15, 0.2) is 55.0 Å². The molecule has 0 radical (unpaired) electrons. The smallest absolute Gasteiger partial charge is 0.265 e. The third kappa shape index (κ3) is 2.84. The number of hydrogen-bond acceptors (Lipinski definition) is 4. The molecule has 0 spiro atoms. The Balaban J connectivity index is 1.72. The van der Waals surface area contributed by atoms with Gasteiger partial charge in [-0.05, 0) is 31.2 Å². The van der Waals surface area contributed by atoms with Gasteiger partial charge in [-0.1, -0.05) is 18.2 Å². The van der Waals surface area contributed by atoms with Crippen LogP contribution in [-0.2, 0) is 4.79 Å². The fourth-order valence-electron chi connectivity index (χ4n) is 1.94. The molecule has 0 aliphatic heterocycles. The Kier molecular flexibility index (Phi) is 3.51. The fourth-order valence-corrected chi connectivity index (χ4v) is 1.94. The molecule has 0 bridgehead atoms. The number of aromatic nitrogens is 3. The van der Waals surface area contributed by atoms with Crippen molar-refractivity contribution >= 4 is 17.2 Å². The topological polar surface area (TPSA) is 68.5 Å². The number of carbonyl (C=O) groups is 1. The van der Waals surface area contributed by atoms with Crippen molar-refractivity contribution in [2.45, 2.75) is 13.0 Å². The molecule has 2 heterocycles. The zero-order valence-electron chi connectivity index (χ0n) is 11.4. The summed E-state index contributed by atoms with van der Waals surface area (Å²) in [4.78, 5) is 16.3. The number of ether oxygens (including phenoxy) is 1. The largest absolute Gasteiger partial charge is 0.481 e. The van der Waals surface area contributed by atoms with Crippen LogP contribution in [0.2, 0.25) is 0 Å². The summed E-state index contributed by atoms with van der Waals surface area (Å²) in [6.45, 7) is 1.70. The lowest BCUT2D eigenvalue weighted by atomic mass is 10.3. The molecule has 1 N–H and O–H groups in total. The van der Waals surface area contributed by atoms with Crippen LogP contribution in [-0.4, -0.2) is 26.6 Å². The van der Waals surface area contributed by atoms with Crippen LogP contribution in [0.3, 0.4) is 0 Å². The zero-order chi connectivity index (χ0) is 14.7. The molecule has 0 aliphatic carbocycles. The molecule has 1 aromatic carbocycles. The first kappa shape index (κ1) is 13.1. The van der Waals surface area contributed by atoms with Gasteiger partial charge < -0.3 is 10.1 Å². The van der Waals surface area contributed by atoms with E-state index in [-0.39, 0.29) is 5.91 Å². The van der Waals surface area contributed by atoms with Crippen molar-refractivity contribution in [3.63, 3.8) is 0 Å². The Bertz CT molecular complexity index is 754. The lowest BCUT2D eigenvalue weighted by Crippen LogP contribution is -2.30. The van der Waals surface area contributed by atoms with Gasteiger partial charge in [0.25, 0.3) is 5.91 Å². The maximum Gasteiger partial charge on any atom is 0.265 e. The predicted molar refractivity (Wildman–Crippen MR) is 78.1 cm³/mol. The number of carbonyl (C=O) groups excluding carboxylic acids is 1. The monoisotopic (exact) mass is 282 g/mol. The summed E-state index contributed by atoms with van der Waals surface area (Å²) in [5.41, 5.74) is 1.20. The van der Waals surface area contributed by atoms with Crippen molar-refractivity contribution in [1.29, 1.82) is 0 Å². The second kappa shape index (κ2) is 5.62. The average molecular weight is 282 g/mol. The quantitative estimate of drug-likeness (QED) is 0.796. The molecule has 1 unspecified atom stereocenters. The Hall–Kier alpha value is -2.89. The number of pyridine rings is 1. The molecule has 0 saturated carbocycles. The highest BCUT2D eigenvalue weighted by atomic mass is 16.5. The first-order valence-corrected chi connectivity index (χ1v) is 6.55. The molecule has 0 aliphatic rings. The second-order valence-corrected chi connectivity index (χ2v) is 4.51. The summed E-state index contributed by atoms with van der Waals surface area (Å²) >= 11 is 0. The van der Waals surface area contributed by atoms with Crippen molar-refractivity contribution in [2.24, 2.45) is 0 Å². The van der Waals surface area contributed by atoms with Gasteiger partial charge in [0.15, 0.2) is 11.8 Å². The minimum atomic E-state index is -0.615. The molecule has 3 aromatic rings. The molecular weight excluding hydrogens is 268 g/mol. The van der Waals surface area contributed by atoms with Gasteiger partial charge in [-0.15, -0.1) is 0 Å². The number of rotatable bonds is 4. The summed E-state index contributed by atoms with van der Waals surface area (Å²) in [6, 6.07) is 12.8. The standard InChI is InChI=1S/C15H14N4O2/c1-11(21-12-6-3-2-4-7-12)15(20)18-13-8-5-9-19-14(13)16-10-17-19/h2-11H,1H3,(H,18,20). The van der Waals surface area contributed by atoms with Gasteiger partial charge in [0.2, 0.25) is 0 Å². The average Bonchev–Trinajstić information content (AvgIpc) is 2.98. The second-order valence-electron chi connectivity index (χ2n) is 4.51. The maximum atomic E-state index is 12.2. The van der Waals surface area contributed by atoms with Gasteiger partial charge in [-0.3, -0.25) is 4.79 Å². The first-order chi connectivity index (χ1) is 10.2. The summed E-state index contributed by atoms with van der Waals surface area (Å²) < 4.78 is 7.18. The number of nitrogens with one attached hydrogen (secondary N) is 1.